The number of hydrogen-bond acceptors (Lipinski definition) is 3. The van der Waals surface area contributed by atoms with Crippen molar-refractivity contribution in [2.45, 2.75) is 40.3 Å². The summed E-state index contributed by atoms with van der Waals surface area (Å²) in [6.45, 7) is 5.67. The molecular weight excluding hydrogens is 274 g/mol. The van der Waals surface area contributed by atoms with Crippen molar-refractivity contribution in [1.82, 2.24) is 4.90 Å². The molecule has 0 aliphatic carbocycles. The van der Waals surface area contributed by atoms with Gasteiger partial charge in [-0.3, -0.25) is 4.90 Å². The molecule has 0 heterocycles. The molecule has 0 atom stereocenters. The van der Waals surface area contributed by atoms with E-state index in [1.165, 1.54) is 6.07 Å². The number of hydrogen-bond donors (Lipinski definition) is 0. The van der Waals surface area contributed by atoms with Gasteiger partial charge in [0, 0.05) is 26.1 Å². The molecule has 1 rings (SSSR count). The van der Waals surface area contributed by atoms with Gasteiger partial charge in [0.25, 0.3) is 0 Å². The van der Waals surface area contributed by atoms with Crippen LogP contribution in [-0.4, -0.2) is 24.6 Å². The molecule has 0 N–H and O–H groups in total. The van der Waals surface area contributed by atoms with E-state index in [2.05, 4.69) is 36.5 Å². The first-order valence-electron chi connectivity index (χ1n) is 6.93. The minimum atomic E-state index is -2.82. The lowest BCUT2D eigenvalue weighted by Gasteiger charge is -2.29. The molecule has 0 saturated heterocycles. The van der Waals surface area contributed by atoms with Gasteiger partial charge in [0.1, 0.15) is 5.75 Å². The molecule has 21 heavy (non-hydrogen) atoms. The zero-order valence-corrected chi connectivity index (χ0v) is 12.8. The number of halogens is 2. The van der Waals surface area contributed by atoms with Gasteiger partial charge >= 0.3 is 6.61 Å². The summed E-state index contributed by atoms with van der Waals surface area (Å²) in [4.78, 5) is 2.16. The number of nitriles is 1. The van der Waals surface area contributed by atoms with Crippen LogP contribution in [0.15, 0.2) is 24.3 Å². The minimum absolute atomic E-state index is 0.104. The Morgan fingerprint density at radius 1 is 1.33 bits per heavy atom. The Kier molecular flexibility index (Phi) is 6.57. The first kappa shape index (κ1) is 17.4. The molecular formula is C16H22F2N2O. The normalized spacial score (nSPS) is 11.7. The molecule has 0 bridgehead atoms. The number of nitrogens with zero attached hydrogens (tertiary/aromatic N) is 2. The molecule has 0 aliphatic rings. The third-order valence-electron chi connectivity index (χ3n) is 2.77. The lowest BCUT2D eigenvalue weighted by molar-refractivity contribution is -0.0499. The first-order chi connectivity index (χ1) is 9.80. The van der Waals surface area contributed by atoms with Crippen LogP contribution in [0.4, 0.5) is 8.78 Å². The van der Waals surface area contributed by atoms with E-state index in [4.69, 9.17) is 5.26 Å². The molecule has 0 fully saturated rings. The molecule has 0 aliphatic heterocycles. The molecule has 0 amide bonds. The quantitative estimate of drug-likeness (QED) is 0.761. The standard InChI is InChI=1S/C16H22F2N2O/c1-16(2,3)12-20(9-5-8-19)11-13-6-4-7-14(10-13)21-15(17)18/h4,6-7,10,15H,5,9,11-12H2,1-3H3. The second-order valence-electron chi connectivity index (χ2n) is 6.21. The largest absolute Gasteiger partial charge is 0.435 e. The zero-order chi connectivity index (χ0) is 15.9. The number of benzene rings is 1. The summed E-state index contributed by atoms with van der Waals surface area (Å²) >= 11 is 0. The van der Waals surface area contributed by atoms with E-state index in [0.29, 0.717) is 19.5 Å². The maximum Gasteiger partial charge on any atom is 0.387 e. The van der Waals surface area contributed by atoms with Gasteiger partial charge in [-0.05, 0) is 23.1 Å². The lowest BCUT2D eigenvalue weighted by Crippen LogP contribution is -2.33. The Labute approximate surface area is 125 Å². The molecule has 0 spiro atoms. The molecule has 5 heteroatoms. The molecule has 116 valence electrons. The SMILES string of the molecule is CC(C)(C)CN(CCC#N)Cc1cccc(OC(F)F)c1. The van der Waals surface area contributed by atoms with Crippen LogP contribution in [0.2, 0.25) is 0 Å². The van der Waals surface area contributed by atoms with E-state index in [1.807, 2.05) is 6.07 Å². The van der Waals surface area contributed by atoms with E-state index < -0.39 is 6.61 Å². The number of ether oxygens (including phenoxy) is 1. The Morgan fingerprint density at radius 2 is 2.05 bits per heavy atom. The van der Waals surface area contributed by atoms with Gasteiger partial charge in [0.2, 0.25) is 0 Å². The predicted octanol–water partition coefficient (Wildman–Crippen LogP) is 4.05. The van der Waals surface area contributed by atoms with Crippen molar-refractivity contribution in [2.75, 3.05) is 13.1 Å². The zero-order valence-electron chi connectivity index (χ0n) is 12.8. The number of alkyl halides is 2. The Hall–Kier alpha value is -1.67. The highest BCUT2D eigenvalue weighted by Gasteiger charge is 2.17. The van der Waals surface area contributed by atoms with Crippen molar-refractivity contribution in [3.63, 3.8) is 0 Å². The summed E-state index contributed by atoms with van der Waals surface area (Å²) in [6, 6.07) is 8.85. The van der Waals surface area contributed by atoms with Crippen LogP contribution in [0.3, 0.4) is 0 Å². The fourth-order valence-corrected chi connectivity index (χ4v) is 2.17. The average molecular weight is 296 g/mol. The molecule has 1 aromatic carbocycles. The topological polar surface area (TPSA) is 36.3 Å². The third kappa shape index (κ3) is 7.62. The van der Waals surface area contributed by atoms with Gasteiger partial charge < -0.3 is 4.74 Å². The van der Waals surface area contributed by atoms with Crippen molar-refractivity contribution in [2.24, 2.45) is 5.41 Å². The fourth-order valence-electron chi connectivity index (χ4n) is 2.17. The second kappa shape index (κ2) is 7.94. The maximum atomic E-state index is 12.2. The van der Waals surface area contributed by atoms with Crippen LogP contribution in [0.5, 0.6) is 5.75 Å². The highest BCUT2D eigenvalue weighted by atomic mass is 19.3. The Bertz CT molecular complexity index is 478. The molecule has 3 nitrogen and oxygen atoms in total. The maximum absolute atomic E-state index is 12.2. The van der Waals surface area contributed by atoms with E-state index in [1.54, 1.807) is 12.1 Å². The van der Waals surface area contributed by atoms with Crippen LogP contribution in [-0.2, 0) is 6.54 Å². The van der Waals surface area contributed by atoms with Gasteiger partial charge in [0.05, 0.1) is 6.07 Å². The highest BCUT2D eigenvalue weighted by molar-refractivity contribution is 5.28. The first-order valence-corrected chi connectivity index (χ1v) is 6.93. The van der Waals surface area contributed by atoms with Crippen molar-refractivity contribution in [3.05, 3.63) is 29.8 Å². The Morgan fingerprint density at radius 3 is 2.62 bits per heavy atom. The van der Waals surface area contributed by atoms with Crippen LogP contribution >= 0.6 is 0 Å². The summed E-state index contributed by atoms with van der Waals surface area (Å²) < 4.78 is 28.9. The van der Waals surface area contributed by atoms with Gasteiger partial charge in [-0.25, -0.2) is 0 Å². The van der Waals surface area contributed by atoms with Crippen molar-refractivity contribution >= 4 is 0 Å². The van der Waals surface area contributed by atoms with Crippen molar-refractivity contribution in [1.29, 1.82) is 5.26 Å². The van der Waals surface area contributed by atoms with Crippen LogP contribution in [0, 0.1) is 16.7 Å². The van der Waals surface area contributed by atoms with E-state index in [0.717, 1.165) is 12.1 Å². The number of rotatable bonds is 7. The highest BCUT2D eigenvalue weighted by Crippen LogP contribution is 2.20. The van der Waals surface area contributed by atoms with Crippen molar-refractivity contribution < 1.29 is 13.5 Å². The molecule has 0 unspecified atom stereocenters. The van der Waals surface area contributed by atoms with Crippen molar-refractivity contribution in [3.8, 4) is 11.8 Å². The van der Waals surface area contributed by atoms with E-state index >= 15 is 0 Å². The smallest absolute Gasteiger partial charge is 0.387 e. The summed E-state index contributed by atoms with van der Waals surface area (Å²) in [5.41, 5.74) is 1.00. The van der Waals surface area contributed by atoms with Crippen LogP contribution in [0.25, 0.3) is 0 Å². The van der Waals surface area contributed by atoms with Gasteiger partial charge in [-0.1, -0.05) is 32.9 Å². The Balaban J connectivity index is 2.75. The van der Waals surface area contributed by atoms with E-state index in [9.17, 15) is 8.78 Å². The summed E-state index contributed by atoms with van der Waals surface area (Å²) in [7, 11) is 0. The summed E-state index contributed by atoms with van der Waals surface area (Å²) in [6.07, 6.45) is 0.448. The molecule has 0 aromatic heterocycles. The summed E-state index contributed by atoms with van der Waals surface area (Å²) in [5, 5.41) is 8.74. The predicted molar refractivity (Wildman–Crippen MR) is 78.0 cm³/mol. The minimum Gasteiger partial charge on any atom is -0.435 e. The van der Waals surface area contributed by atoms with E-state index in [-0.39, 0.29) is 11.2 Å². The van der Waals surface area contributed by atoms with Crippen LogP contribution in [0.1, 0.15) is 32.8 Å². The van der Waals surface area contributed by atoms with Gasteiger partial charge in [-0.15, -0.1) is 0 Å². The third-order valence-corrected chi connectivity index (χ3v) is 2.77. The second-order valence-corrected chi connectivity index (χ2v) is 6.21. The summed E-state index contributed by atoms with van der Waals surface area (Å²) in [5.74, 6) is 0.165. The average Bonchev–Trinajstić information content (AvgIpc) is 2.33. The molecule has 0 saturated carbocycles. The molecule has 1 aromatic rings. The molecule has 0 radical (unpaired) electrons. The van der Waals surface area contributed by atoms with Gasteiger partial charge in [0.15, 0.2) is 0 Å². The van der Waals surface area contributed by atoms with Gasteiger partial charge in [-0.2, -0.15) is 14.0 Å². The van der Waals surface area contributed by atoms with Crippen LogP contribution < -0.4 is 4.74 Å². The monoisotopic (exact) mass is 296 g/mol. The lowest BCUT2D eigenvalue weighted by atomic mass is 9.95. The fraction of sp³-hybridized carbons (Fsp3) is 0.562.